The first-order chi connectivity index (χ1) is 6.59. The summed E-state index contributed by atoms with van der Waals surface area (Å²) in [4.78, 5) is 4.64. The number of likely N-dealkylation sites (tertiary alicyclic amines) is 2. The predicted molar refractivity (Wildman–Crippen MR) is 56.2 cm³/mol. The summed E-state index contributed by atoms with van der Waals surface area (Å²) >= 11 is 0. The van der Waals surface area contributed by atoms with Crippen molar-refractivity contribution in [2.45, 2.75) is 32.4 Å². The fourth-order valence-corrected chi connectivity index (χ4v) is 3.29. The molecule has 0 amide bonds. The molecule has 0 radical (unpaired) electrons. The number of rotatable bonds is 2. The van der Waals surface area contributed by atoms with Gasteiger partial charge in [0.1, 0.15) is 6.67 Å². The molecule has 14 heavy (non-hydrogen) atoms. The maximum absolute atomic E-state index is 13.1. The molecule has 2 saturated heterocycles. The molecular formula is C11H21FN2. The van der Waals surface area contributed by atoms with Crippen LogP contribution in [0.25, 0.3) is 0 Å². The number of nitrogens with zero attached hydrogens (tertiary/aromatic N) is 2. The minimum Gasteiger partial charge on any atom is -0.305 e. The van der Waals surface area contributed by atoms with Gasteiger partial charge in [-0.15, -0.1) is 0 Å². The molecule has 2 aliphatic heterocycles. The van der Waals surface area contributed by atoms with Gasteiger partial charge in [-0.2, -0.15) is 0 Å². The summed E-state index contributed by atoms with van der Waals surface area (Å²) in [6.45, 7) is 7.43. The van der Waals surface area contributed by atoms with Crippen molar-refractivity contribution in [1.82, 2.24) is 9.80 Å². The van der Waals surface area contributed by atoms with E-state index in [1.165, 1.54) is 6.42 Å². The number of hydrogen-bond donors (Lipinski definition) is 0. The minimum absolute atomic E-state index is 0.175. The van der Waals surface area contributed by atoms with Crippen molar-refractivity contribution < 1.29 is 4.39 Å². The molecule has 0 bridgehead atoms. The van der Waals surface area contributed by atoms with E-state index in [1.54, 1.807) is 0 Å². The lowest BCUT2D eigenvalue weighted by Gasteiger charge is -2.50. The van der Waals surface area contributed by atoms with Crippen LogP contribution in [-0.2, 0) is 0 Å². The third-order valence-corrected chi connectivity index (χ3v) is 3.95. The Kier molecular flexibility index (Phi) is 2.56. The van der Waals surface area contributed by atoms with Gasteiger partial charge in [-0.3, -0.25) is 4.90 Å². The molecule has 1 atom stereocenters. The van der Waals surface area contributed by atoms with Gasteiger partial charge in [0.15, 0.2) is 0 Å². The van der Waals surface area contributed by atoms with Crippen molar-refractivity contribution in [2.24, 2.45) is 5.41 Å². The van der Waals surface area contributed by atoms with Crippen molar-refractivity contribution in [3.05, 3.63) is 0 Å². The average Bonchev–Trinajstić information content (AvgIpc) is 2.43. The van der Waals surface area contributed by atoms with E-state index in [2.05, 4.69) is 30.7 Å². The Morgan fingerprint density at radius 3 is 2.50 bits per heavy atom. The molecule has 2 nitrogen and oxygen atoms in total. The Morgan fingerprint density at radius 1 is 1.43 bits per heavy atom. The van der Waals surface area contributed by atoms with Gasteiger partial charge in [0.25, 0.3) is 0 Å². The second kappa shape index (κ2) is 3.46. The summed E-state index contributed by atoms with van der Waals surface area (Å²) in [5.74, 6) is 0. The van der Waals surface area contributed by atoms with Gasteiger partial charge in [0, 0.05) is 30.6 Å². The number of halogens is 1. The lowest BCUT2D eigenvalue weighted by molar-refractivity contribution is -0.0229. The Balaban J connectivity index is 2.08. The molecule has 0 aromatic heterocycles. The Labute approximate surface area is 86.1 Å². The van der Waals surface area contributed by atoms with Crippen LogP contribution >= 0.6 is 0 Å². The smallest absolute Gasteiger partial charge is 0.106 e. The zero-order chi connectivity index (χ0) is 10.3. The van der Waals surface area contributed by atoms with Gasteiger partial charge in [-0.1, -0.05) is 0 Å². The zero-order valence-electron chi connectivity index (χ0n) is 9.46. The van der Waals surface area contributed by atoms with Crippen molar-refractivity contribution in [3.8, 4) is 0 Å². The minimum atomic E-state index is -0.175. The topological polar surface area (TPSA) is 6.48 Å². The van der Waals surface area contributed by atoms with Crippen LogP contribution in [0.1, 0.15) is 20.3 Å². The molecule has 2 rings (SSSR count). The molecule has 2 aliphatic rings. The van der Waals surface area contributed by atoms with E-state index in [9.17, 15) is 4.39 Å². The van der Waals surface area contributed by atoms with Gasteiger partial charge in [-0.25, -0.2) is 4.39 Å². The molecule has 0 aromatic carbocycles. The molecule has 3 heteroatoms. The lowest BCUT2D eigenvalue weighted by atomic mass is 9.74. The highest BCUT2D eigenvalue weighted by atomic mass is 19.1. The summed E-state index contributed by atoms with van der Waals surface area (Å²) in [6.07, 6.45) is 1.18. The van der Waals surface area contributed by atoms with E-state index in [-0.39, 0.29) is 18.1 Å². The van der Waals surface area contributed by atoms with E-state index in [0.29, 0.717) is 6.04 Å². The number of alkyl halides is 1. The monoisotopic (exact) mass is 200 g/mol. The fraction of sp³-hybridized carbons (Fsp3) is 1.00. The van der Waals surface area contributed by atoms with Crippen molar-refractivity contribution in [2.75, 3.05) is 33.4 Å². The van der Waals surface area contributed by atoms with E-state index < -0.39 is 0 Å². The van der Waals surface area contributed by atoms with Crippen LogP contribution < -0.4 is 0 Å². The summed E-state index contributed by atoms with van der Waals surface area (Å²) < 4.78 is 13.1. The molecular weight excluding hydrogens is 179 g/mol. The van der Waals surface area contributed by atoms with Crippen LogP contribution in [0.2, 0.25) is 0 Å². The standard InChI is InChI=1S/C11H21FN2/c1-9(2)14-5-4-11(10(14)6-12)7-13(3)8-11/h9-10H,4-8H2,1-3H3. The van der Waals surface area contributed by atoms with Crippen LogP contribution in [0.4, 0.5) is 4.39 Å². The van der Waals surface area contributed by atoms with Gasteiger partial charge >= 0.3 is 0 Å². The lowest BCUT2D eigenvalue weighted by Crippen LogP contribution is -2.61. The molecule has 1 unspecified atom stereocenters. The third kappa shape index (κ3) is 1.38. The van der Waals surface area contributed by atoms with Gasteiger partial charge in [0.05, 0.1) is 0 Å². The molecule has 0 N–H and O–H groups in total. The summed E-state index contributed by atoms with van der Waals surface area (Å²) in [5.41, 5.74) is 0.285. The largest absolute Gasteiger partial charge is 0.305 e. The summed E-state index contributed by atoms with van der Waals surface area (Å²) in [6, 6.07) is 0.666. The Bertz CT molecular complexity index is 211. The highest BCUT2D eigenvalue weighted by Gasteiger charge is 2.53. The van der Waals surface area contributed by atoms with Crippen LogP contribution in [0, 0.1) is 5.41 Å². The highest BCUT2D eigenvalue weighted by molar-refractivity contribution is 5.07. The molecule has 2 heterocycles. The predicted octanol–water partition coefficient (Wildman–Crippen LogP) is 1.37. The van der Waals surface area contributed by atoms with Crippen LogP contribution in [0.5, 0.6) is 0 Å². The van der Waals surface area contributed by atoms with E-state index in [1.807, 2.05) is 0 Å². The fourth-order valence-electron chi connectivity index (χ4n) is 3.29. The van der Waals surface area contributed by atoms with Crippen molar-refractivity contribution in [3.63, 3.8) is 0 Å². The average molecular weight is 200 g/mol. The van der Waals surface area contributed by atoms with Gasteiger partial charge < -0.3 is 4.90 Å². The first kappa shape index (κ1) is 10.4. The van der Waals surface area contributed by atoms with Gasteiger partial charge in [0.2, 0.25) is 0 Å². The zero-order valence-corrected chi connectivity index (χ0v) is 9.46. The van der Waals surface area contributed by atoms with Crippen LogP contribution in [0.3, 0.4) is 0 Å². The molecule has 0 saturated carbocycles. The normalized spacial score (nSPS) is 32.8. The SMILES string of the molecule is CC(C)N1CCC2(CN(C)C2)C1CF. The maximum atomic E-state index is 13.1. The van der Waals surface area contributed by atoms with E-state index in [0.717, 1.165) is 19.6 Å². The van der Waals surface area contributed by atoms with Crippen LogP contribution in [0.15, 0.2) is 0 Å². The van der Waals surface area contributed by atoms with E-state index in [4.69, 9.17) is 0 Å². The van der Waals surface area contributed by atoms with Crippen molar-refractivity contribution in [1.29, 1.82) is 0 Å². The maximum Gasteiger partial charge on any atom is 0.106 e. The van der Waals surface area contributed by atoms with Crippen molar-refractivity contribution >= 4 is 0 Å². The summed E-state index contributed by atoms with van der Waals surface area (Å²) in [7, 11) is 2.12. The Hall–Kier alpha value is -0.150. The molecule has 0 aromatic rings. The Morgan fingerprint density at radius 2 is 2.07 bits per heavy atom. The van der Waals surface area contributed by atoms with Gasteiger partial charge in [-0.05, 0) is 33.9 Å². The third-order valence-electron chi connectivity index (χ3n) is 3.95. The molecule has 1 spiro atoms. The highest BCUT2D eigenvalue weighted by Crippen LogP contribution is 2.44. The summed E-state index contributed by atoms with van der Waals surface area (Å²) in [5, 5.41) is 0. The number of hydrogen-bond acceptors (Lipinski definition) is 2. The van der Waals surface area contributed by atoms with Crippen LogP contribution in [-0.4, -0.2) is 55.2 Å². The first-order valence-electron chi connectivity index (χ1n) is 5.59. The first-order valence-corrected chi connectivity index (χ1v) is 5.59. The molecule has 2 fully saturated rings. The quantitative estimate of drug-likeness (QED) is 0.664. The molecule has 0 aliphatic carbocycles. The second-order valence-electron chi connectivity index (χ2n) is 5.29. The molecule has 82 valence electrons. The second-order valence-corrected chi connectivity index (χ2v) is 5.29. The van der Waals surface area contributed by atoms with E-state index >= 15 is 0 Å².